The number of ether oxygens (including phenoxy) is 1. The van der Waals surface area contributed by atoms with Crippen molar-refractivity contribution in [1.29, 1.82) is 0 Å². The minimum atomic E-state index is -0.427. The van der Waals surface area contributed by atoms with E-state index in [1.807, 2.05) is 73.7 Å². The fourth-order valence-electron chi connectivity index (χ4n) is 4.49. The first-order valence-electron chi connectivity index (χ1n) is 12.0. The Kier molecular flexibility index (Phi) is 6.54. The Morgan fingerprint density at radius 2 is 1.72 bits per heavy atom. The van der Waals surface area contributed by atoms with E-state index in [1.54, 1.807) is 12.0 Å². The Morgan fingerprint density at radius 1 is 1.00 bits per heavy atom. The normalized spacial score (nSPS) is 15.7. The van der Waals surface area contributed by atoms with Crippen LogP contribution in [0.25, 0.3) is 17.0 Å². The highest BCUT2D eigenvalue weighted by atomic mass is 16.5. The molecule has 7 nitrogen and oxygen atoms in total. The third-order valence-corrected chi connectivity index (χ3v) is 6.53. The van der Waals surface area contributed by atoms with Gasteiger partial charge in [-0.05, 0) is 30.5 Å². The van der Waals surface area contributed by atoms with Gasteiger partial charge in [0.2, 0.25) is 5.82 Å². The minimum Gasteiger partial charge on any atom is -0.496 e. The molecule has 0 radical (unpaired) electrons. The van der Waals surface area contributed by atoms with Crippen molar-refractivity contribution < 1.29 is 14.1 Å². The van der Waals surface area contributed by atoms with Crippen molar-refractivity contribution in [2.24, 2.45) is 0 Å². The van der Waals surface area contributed by atoms with E-state index in [9.17, 15) is 4.79 Å². The number of nitrogens with one attached hydrogen (secondary N) is 1. The van der Waals surface area contributed by atoms with E-state index < -0.39 is 6.04 Å². The molecule has 36 heavy (non-hydrogen) atoms. The van der Waals surface area contributed by atoms with Crippen LogP contribution < -0.4 is 10.1 Å². The van der Waals surface area contributed by atoms with Gasteiger partial charge in [0.1, 0.15) is 5.75 Å². The summed E-state index contributed by atoms with van der Waals surface area (Å²) in [7, 11) is 1.63. The number of hydrogen-bond donors (Lipinski definition) is 1. The summed E-state index contributed by atoms with van der Waals surface area (Å²) in [4.78, 5) is 19.8. The van der Waals surface area contributed by atoms with E-state index in [1.165, 1.54) is 5.56 Å². The van der Waals surface area contributed by atoms with Gasteiger partial charge >= 0.3 is 6.03 Å². The van der Waals surface area contributed by atoms with Crippen LogP contribution in [0.1, 0.15) is 42.5 Å². The smallest absolute Gasteiger partial charge is 0.322 e. The van der Waals surface area contributed by atoms with Gasteiger partial charge in [-0.1, -0.05) is 84.9 Å². The number of hydrogen-bond acceptors (Lipinski definition) is 5. The molecule has 0 fully saturated rings. The summed E-state index contributed by atoms with van der Waals surface area (Å²) in [5.41, 5.74) is 5.46. The van der Waals surface area contributed by atoms with Gasteiger partial charge in [0, 0.05) is 16.8 Å². The number of benzene rings is 3. The van der Waals surface area contributed by atoms with Gasteiger partial charge in [-0.3, -0.25) is 4.90 Å². The third kappa shape index (κ3) is 4.47. The van der Waals surface area contributed by atoms with Gasteiger partial charge in [0.25, 0.3) is 5.89 Å². The number of carbonyl (C=O) groups is 1. The first-order chi connectivity index (χ1) is 17.6. The van der Waals surface area contributed by atoms with Crippen molar-refractivity contribution in [1.82, 2.24) is 20.4 Å². The van der Waals surface area contributed by atoms with Crippen molar-refractivity contribution in [2.75, 3.05) is 7.11 Å². The maximum Gasteiger partial charge on any atom is 0.322 e. The molecular weight excluding hydrogens is 452 g/mol. The van der Waals surface area contributed by atoms with Gasteiger partial charge in [0.05, 0.1) is 25.3 Å². The second-order valence-corrected chi connectivity index (χ2v) is 8.66. The average Bonchev–Trinajstić information content (AvgIpc) is 3.41. The van der Waals surface area contributed by atoms with Crippen LogP contribution in [0.5, 0.6) is 5.75 Å². The Hall–Kier alpha value is -4.39. The number of allylic oxidation sites excluding steroid dienone is 1. The van der Waals surface area contributed by atoms with Crippen molar-refractivity contribution in [3.63, 3.8) is 0 Å². The summed E-state index contributed by atoms with van der Waals surface area (Å²) in [5.74, 6) is 1.61. The summed E-state index contributed by atoms with van der Waals surface area (Å²) in [6.07, 6.45) is 0.963. The summed E-state index contributed by atoms with van der Waals surface area (Å²) >= 11 is 0. The van der Waals surface area contributed by atoms with Crippen LogP contribution >= 0.6 is 0 Å². The van der Waals surface area contributed by atoms with Crippen molar-refractivity contribution in [3.05, 3.63) is 107 Å². The van der Waals surface area contributed by atoms with E-state index in [0.29, 0.717) is 18.3 Å². The number of urea groups is 1. The van der Waals surface area contributed by atoms with Gasteiger partial charge in [-0.15, -0.1) is 0 Å². The monoisotopic (exact) mass is 480 g/mol. The highest BCUT2D eigenvalue weighted by Gasteiger charge is 2.36. The molecule has 1 aliphatic heterocycles. The molecule has 1 unspecified atom stereocenters. The quantitative estimate of drug-likeness (QED) is 0.351. The maximum absolute atomic E-state index is 13.3. The zero-order chi connectivity index (χ0) is 25.1. The number of methoxy groups -OCH3 is 1. The zero-order valence-electron chi connectivity index (χ0n) is 20.6. The molecule has 2 heterocycles. The molecule has 3 aromatic carbocycles. The molecule has 0 aliphatic carbocycles. The fourth-order valence-corrected chi connectivity index (χ4v) is 4.49. The number of carbonyl (C=O) groups excluding carboxylic acids is 1. The number of rotatable bonds is 7. The number of para-hydroxylation sites is 1. The van der Waals surface area contributed by atoms with E-state index in [-0.39, 0.29) is 6.03 Å². The zero-order valence-corrected chi connectivity index (χ0v) is 20.6. The van der Waals surface area contributed by atoms with Crippen LogP contribution in [0.2, 0.25) is 0 Å². The second kappa shape index (κ2) is 10.1. The SMILES string of the molecule is CCc1ccc(-c2noc(C3=C(C)N(Cc4ccccc4OC)C(=O)NC3c3ccccc3)n2)cc1. The molecule has 0 bridgehead atoms. The molecule has 5 rings (SSSR count). The number of nitrogens with zero attached hydrogens (tertiary/aromatic N) is 3. The summed E-state index contributed by atoms with van der Waals surface area (Å²) in [6, 6.07) is 25.0. The summed E-state index contributed by atoms with van der Waals surface area (Å²) < 4.78 is 11.3. The highest BCUT2D eigenvalue weighted by Crippen LogP contribution is 2.38. The Morgan fingerprint density at radius 3 is 2.44 bits per heavy atom. The molecule has 1 N–H and O–H groups in total. The van der Waals surface area contributed by atoms with Gasteiger partial charge in [-0.2, -0.15) is 4.98 Å². The molecular formula is C29H28N4O3. The van der Waals surface area contributed by atoms with Gasteiger partial charge < -0.3 is 14.6 Å². The molecule has 4 aromatic rings. The number of aryl methyl sites for hydroxylation is 1. The minimum absolute atomic E-state index is 0.203. The first-order valence-corrected chi connectivity index (χ1v) is 12.0. The van der Waals surface area contributed by atoms with Crippen molar-refractivity contribution >= 4 is 11.6 Å². The number of aromatic nitrogens is 2. The maximum atomic E-state index is 13.3. The fraction of sp³-hybridized carbons (Fsp3) is 0.207. The van der Waals surface area contributed by atoms with E-state index in [2.05, 4.69) is 29.5 Å². The molecule has 1 aromatic heterocycles. The Balaban J connectivity index is 1.58. The lowest BCUT2D eigenvalue weighted by Gasteiger charge is -2.35. The second-order valence-electron chi connectivity index (χ2n) is 8.66. The molecule has 0 saturated carbocycles. The lowest BCUT2D eigenvalue weighted by molar-refractivity contribution is 0.202. The first kappa shape index (κ1) is 23.4. The average molecular weight is 481 g/mol. The summed E-state index contributed by atoms with van der Waals surface area (Å²) in [6.45, 7) is 4.38. The van der Waals surface area contributed by atoms with Gasteiger partial charge in [0.15, 0.2) is 0 Å². The van der Waals surface area contributed by atoms with Crippen molar-refractivity contribution in [3.8, 4) is 17.1 Å². The Labute approximate surface area is 210 Å². The van der Waals surface area contributed by atoms with Crippen LogP contribution in [-0.2, 0) is 13.0 Å². The van der Waals surface area contributed by atoms with Crippen LogP contribution in [0.3, 0.4) is 0 Å². The third-order valence-electron chi connectivity index (χ3n) is 6.53. The van der Waals surface area contributed by atoms with E-state index >= 15 is 0 Å². The highest BCUT2D eigenvalue weighted by molar-refractivity contribution is 5.87. The molecule has 0 spiro atoms. The topological polar surface area (TPSA) is 80.5 Å². The molecule has 2 amide bonds. The van der Waals surface area contributed by atoms with Gasteiger partial charge in [-0.25, -0.2) is 4.79 Å². The molecule has 1 aliphatic rings. The van der Waals surface area contributed by atoms with Crippen LogP contribution in [-0.4, -0.2) is 28.2 Å². The summed E-state index contributed by atoms with van der Waals surface area (Å²) in [5, 5.41) is 7.41. The predicted molar refractivity (Wildman–Crippen MR) is 138 cm³/mol. The lowest BCUT2D eigenvalue weighted by atomic mass is 9.94. The number of amides is 2. The lowest BCUT2D eigenvalue weighted by Crippen LogP contribution is -2.45. The molecule has 0 saturated heterocycles. The molecule has 182 valence electrons. The Bertz CT molecular complexity index is 1390. The van der Waals surface area contributed by atoms with Crippen molar-refractivity contribution in [2.45, 2.75) is 32.9 Å². The molecule has 7 heteroatoms. The van der Waals surface area contributed by atoms with Crippen LogP contribution in [0.15, 0.2) is 89.1 Å². The van der Waals surface area contributed by atoms with E-state index in [4.69, 9.17) is 14.2 Å². The largest absolute Gasteiger partial charge is 0.496 e. The standard InChI is InChI=1S/C29H28N4O3/c1-4-20-14-16-22(17-15-20)27-31-28(36-32-27)25-19(2)33(18-23-12-8-9-13-24(23)35-3)29(34)30-26(25)21-10-6-5-7-11-21/h5-17,26H,4,18H2,1-3H3,(H,30,34). The van der Waals surface area contributed by atoms with Crippen LogP contribution in [0, 0.1) is 0 Å². The van der Waals surface area contributed by atoms with E-state index in [0.717, 1.165) is 40.1 Å². The van der Waals surface area contributed by atoms with Crippen LogP contribution in [0.4, 0.5) is 4.79 Å². The molecule has 1 atom stereocenters. The predicted octanol–water partition coefficient (Wildman–Crippen LogP) is 6.01.